The zero-order chi connectivity index (χ0) is 18.6. The molecule has 1 unspecified atom stereocenters. The van der Waals surface area contributed by atoms with E-state index in [9.17, 15) is 13.2 Å². The summed E-state index contributed by atoms with van der Waals surface area (Å²) in [6.45, 7) is 1.40. The van der Waals surface area contributed by atoms with E-state index in [1.165, 1.54) is 25.1 Å². The zero-order valence-corrected chi connectivity index (χ0v) is 15.6. The lowest BCUT2D eigenvalue weighted by atomic mass is 10.2. The molecular weight excluding hydrogens is 381 g/mol. The van der Waals surface area contributed by atoms with Crippen molar-refractivity contribution in [1.29, 1.82) is 0 Å². The van der Waals surface area contributed by atoms with Crippen molar-refractivity contribution in [2.75, 3.05) is 4.90 Å². The third-order valence-electron chi connectivity index (χ3n) is 3.60. The second kappa shape index (κ2) is 7.92. The van der Waals surface area contributed by atoms with Crippen LogP contribution < -0.4 is 4.90 Å². The van der Waals surface area contributed by atoms with Crippen LogP contribution >= 0.6 is 23.2 Å². The fourth-order valence-electron chi connectivity index (χ4n) is 2.31. The molecule has 2 aromatic carbocycles. The topological polar surface area (TPSA) is 54.5 Å². The molecule has 4 nitrogen and oxygen atoms in total. The predicted molar refractivity (Wildman–Crippen MR) is 100 cm³/mol. The van der Waals surface area contributed by atoms with Crippen molar-refractivity contribution in [2.24, 2.45) is 0 Å². The average Bonchev–Trinajstić information content (AvgIpc) is 2.62. The highest BCUT2D eigenvalue weighted by molar-refractivity contribution is 7.92. The second-order valence-corrected chi connectivity index (χ2v) is 8.50. The molecule has 0 bridgehead atoms. The Morgan fingerprint density at radius 1 is 1.12 bits per heavy atom. The number of nitrogens with zero attached hydrogens (tertiary/aromatic N) is 1. The van der Waals surface area contributed by atoms with Crippen LogP contribution in [-0.4, -0.2) is 24.5 Å². The van der Waals surface area contributed by atoms with Gasteiger partial charge in [0.05, 0.1) is 4.90 Å². The predicted octanol–water partition coefficient (Wildman–Crippen LogP) is 3.62. The van der Waals surface area contributed by atoms with Crippen molar-refractivity contribution in [3.63, 3.8) is 0 Å². The zero-order valence-electron chi connectivity index (χ0n) is 13.3. The molecule has 0 heterocycles. The smallest absolute Gasteiger partial charge is 0.261 e. The van der Waals surface area contributed by atoms with E-state index in [1.54, 1.807) is 36.4 Å². The minimum absolute atomic E-state index is 0.0918. The summed E-state index contributed by atoms with van der Waals surface area (Å²) in [5, 5.41) is -1.23. The number of terminal acetylenes is 1. The van der Waals surface area contributed by atoms with Gasteiger partial charge in [-0.2, -0.15) is 0 Å². The van der Waals surface area contributed by atoms with Crippen molar-refractivity contribution in [3.05, 3.63) is 60.2 Å². The molecule has 0 aliphatic carbocycles. The highest BCUT2D eigenvalue weighted by Crippen LogP contribution is 2.27. The first-order valence-electron chi connectivity index (χ1n) is 7.26. The lowest BCUT2D eigenvalue weighted by Gasteiger charge is -2.29. The van der Waals surface area contributed by atoms with Crippen molar-refractivity contribution < 1.29 is 13.2 Å². The van der Waals surface area contributed by atoms with Crippen LogP contribution in [0.3, 0.4) is 0 Å². The molecule has 0 aliphatic rings. The molecule has 0 radical (unpaired) electrons. The molecule has 1 amide bonds. The van der Waals surface area contributed by atoms with Crippen LogP contribution in [0.25, 0.3) is 0 Å². The molecule has 0 spiro atoms. The summed E-state index contributed by atoms with van der Waals surface area (Å²) < 4.78 is 25.8. The van der Waals surface area contributed by atoms with Crippen LogP contribution in [0.5, 0.6) is 0 Å². The number of hydrogen-bond acceptors (Lipinski definition) is 3. The summed E-state index contributed by atoms with van der Waals surface area (Å²) in [7, 11) is -3.85. The standard InChI is InChI=1S/C18H15Cl2NO3S/c1-3-14-8-7-9-15(12-14)21(18(22)17(19)20)13(2)25(23,24)16-10-5-4-6-11-16/h1,4-13,17H,2H3. The first-order valence-corrected chi connectivity index (χ1v) is 9.68. The summed E-state index contributed by atoms with van der Waals surface area (Å²) in [5.41, 5.74) is 0.805. The van der Waals surface area contributed by atoms with Gasteiger partial charge in [0, 0.05) is 11.3 Å². The summed E-state index contributed by atoms with van der Waals surface area (Å²) in [5.74, 6) is 1.70. The Hall–Kier alpha value is -2.00. The minimum atomic E-state index is -3.85. The minimum Gasteiger partial charge on any atom is -0.292 e. The molecule has 7 heteroatoms. The molecule has 25 heavy (non-hydrogen) atoms. The molecule has 130 valence electrons. The van der Waals surface area contributed by atoms with Gasteiger partial charge in [-0.25, -0.2) is 8.42 Å². The monoisotopic (exact) mass is 395 g/mol. The van der Waals surface area contributed by atoms with Crippen molar-refractivity contribution in [3.8, 4) is 12.3 Å². The number of amides is 1. The molecule has 0 aliphatic heterocycles. The van der Waals surface area contributed by atoms with Crippen LogP contribution in [0.1, 0.15) is 12.5 Å². The lowest BCUT2D eigenvalue weighted by molar-refractivity contribution is -0.117. The van der Waals surface area contributed by atoms with E-state index < -0.39 is 26.0 Å². The van der Waals surface area contributed by atoms with Crippen molar-refractivity contribution >= 4 is 44.6 Å². The Morgan fingerprint density at radius 2 is 1.76 bits per heavy atom. The van der Waals surface area contributed by atoms with Gasteiger partial charge in [-0.05, 0) is 37.3 Å². The number of sulfone groups is 1. The second-order valence-electron chi connectivity index (χ2n) is 5.16. The van der Waals surface area contributed by atoms with Gasteiger partial charge >= 0.3 is 0 Å². The number of halogens is 2. The van der Waals surface area contributed by atoms with E-state index in [2.05, 4.69) is 5.92 Å². The number of anilines is 1. The fourth-order valence-corrected chi connectivity index (χ4v) is 3.96. The summed E-state index contributed by atoms with van der Waals surface area (Å²) in [6, 6.07) is 14.3. The average molecular weight is 396 g/mol. The van der Waals surface area contributed by atoms with Gasteiger partial charge in [0.2, 0.25) is 0 Å². The first kappa shape index (κ1) is 19.3. The van der Waals surface area contributed by atoms with Gasteiger partial charge in [0.1, 0.15) is 5.37 Å². The van der Waals surface area contributed by atoms with Gasteiger partial charge in [0.15, 0.2) is 14.7 Å². The summed E-state index contributed by atoms with van der Waals surface area (Å²) in [4.78, 5) is 12.2. The number of hydrogen-bond donors (Lipinski definition) is 0. The summed E-state index contributed by atoms with van der Waals surface area (Å²) in [6.07, 6.45) is 5.38. The molecule has 0 saturated carbocycles. The Kier molecular flexibility index (Phi) is 6.12. The molecule has 0 fully saturated rings. The first-order chi connectivity index (χ1) is 11.8. The molecule has 0 aromatic heterocycles. The maximum atomic E-state index is 12.9. The highest BCUT2D eigenvalue weighted by atomic mass is 35.5. The number of benzene rings is 2. The van der Waals surface area contributed by atoms with E-state index in [4.69, 9.17) is 29.6 Å². The number of alkyl halides is 2. The molecule has 1 atom stereocenters. The molecule has 0 N–H and O–H groups in total. The van der Waals surface area contributed by atoms with Gasteiger partial charge in [0.25, 0.3) is 5.91 Å². The SMILES string of the molecule is C#Cc1cccc(N(C(=O)C(Cl)Cl)C(C)S(=O)(=O)c2ccccc2)c1. The molecule has 2 aromatic rings. The summed E-state index contributed by atoms with van der Waals surface area (Å²) >= 11 is 11.5. The molecule has 0 saturated heterocycles. The number of carbonyl (C=O) groups is 1. The van der Waals surface area contributed by atoms with Gasteiger partial charge in [-0.1, -0.05) is 53.4 Å². The van der Waals surface area contributed by atoms with Crippen LogP contribution in [0, 0.1) is 12.3 Å². The van der Waals surface area contributed by atoms with Crippen LogP contribution in [-0.2, 0) is 14.6 Å². The van der Waals surface area contributed by atoms with Crippen LogP contribution in [0.2, 0.25) is 0 Å². The number of rotatable bonds is 5. The van der Waals surface area contributed by atoms with Gasteiger partial charge in [-0.15, -0.1) is 6.42 Å². The van der Waals surface area contributed by atoms with E-state index in [-0.39, 0.29) is 4.90 Å². The largest absolute Gasteiger partial charge is 0.292 e. The maximum Gasteiger partial charge on any atom is 0.261 e. The Morgan fingerprint density at radius 3 is 2.32 bits per heavy atom. The molecular formula is C18H15Cl2NO3S. The maximum absolute atomic E-state index is 12.9. The quantitative estimate of drug-likeness (QED) is 0.573. The van der Waals surface area contributed by atoms with E-state index in [1.807, 2.05) is 0 Å². The van der Waals surface area contributed by atoms with Gasteiger partial charge < -0.3 is 0 Å². The van der Waals surface area contributed by atoms with Crippen molar-refractivity contribution in [1.82, 2.24) is 0 Å². The third kappa shape index (κ3) is 4.16. The van der Waals surface area contributed by atoms with Crippen LogP contribution in [0.4, 0.5) is 5.69 Å². The normalized spacial score (nSPS) is 12.4. The fraction of sp³-hybridized carbons (Fsp3) is 0.167. The third-order valence-corrected chi connectivity index (χ3v) is 6.01. The Bertz CT molecular complexity index is 905. The highest BCUT2D eigenvalue weighted by Gasteiger charge is 2.35. The van der Waals surface area contributed by atoms with E-state index >= 15 is 0 Å². The van der Waals surface area contributed by atoms with Crippen molar-refractivity contribution in [2.45, 2.75) is 22.0 Å². The molecule has 2 rings (SSSR count). The Labute approximate surface area is 157 Å². The Balaban J connectivity index is 2.56. The van der Waals surface area contributed by atoms with Crippen LogP contribution in [0.15, 0.2) is 59.5 Å². The van der Waals surface area contributed by atoms with E-state index in [0.717, 1.165) is 4.90 Å². The lowest BCUT2D eigenvalue weighted by Crippen LogP contribution is -2.45. The van der Waals surface area contributed by atoms with Gasteiger partial charge in [-0.3, -0.25) is 9.69 Å². The van der Waals surface area contributed by atoms with E-state index in [0.29, 0.717) is 11.3 Å². The number of carbonyl (C=O) groups excluding carboxylic acids is 1.